The highest BCUT2D eigenvalue weighted by Gasteiger charge is 2.31. The minimum atomic E-state index is 0.0123. The van der Waals surface area contributed by atoms with E-state index < -0.39 is 0 Å². The maximum atomic E-state index is 12.1. The molecule has 1 unspecified atom stereocenters. The Hall–Kier alpha value is -1.38. The maximum Gasteiger partial charge on any atom is 0.253 e. The van der Waals surface area contributed by atoms with Crippen LogP contribution in [0.3, 0.4) is 0 Å². The lowest BCUT2D eigenvalue weighted by molar-refractivity contribution is 0.0935. The molecule has 1 N–H and O–H groups in total. The van der Waals surface area contributed by atoms with Gasteiger partial charge in [0.25, 0.3) is 5.91 Å². The largest absolute Gasteiger partial charge is 0.349 e. The van der Waals surface area contributed by atoms with E-state index in [1.165, 1.54) is 6.42 Å². The van der Waals surface area contributed by atoms with Crippen LogP contribution in [0.5, 0.6) is 0 Å². The molecule has 1 aliphatic carbocycles. The lowest BCUT2D eigenvalue weighted by atomic mass is 9.92. The van der Waals surface area contributed by atoms with Gasteiger partial charge >= 0.3 is 0 Å². The van der Waals surface area contributed by atoms with Gasteiger partial charge in [-0.1, -0.05) is 13.8 Å². The van der Waals surface area contributed by atoms with Gasteiger partial charge in [-0.2, -0.15) is 0 Å². The topological polar surface area (TPSA) is 42.0 Å². The number of rotatable bonds is 2. The molecule has 17 heavy (non-hydrogen) atoms. The van der Waals surface area contributed by atoms with Crippen molar-refractivity contribution in [2.45, 2.75) is 46.1 Å². The van der Waals surface area contributed by atoms with Gasteiger partial charge in [-0.3, -0.25) is 9.78 Å². The smallest absolute Gasteiger partial charge is 0.253 e. The van der Waals surface area contributed by atoms with Crippen molar-refractivity contribution in [1.82, 2.24) is 10.3 Å². The Morgan fingerprint density at radius 2 is 2.29 bits per heavy atom. The van der Waals surface area contributed by atoms with Crippen LogP contribution in [0, 0.1) is 12.3 Å². The Balaban J connectivity index is 2.01. The van der Waals surface area contributed by atoms with Crippen molar-refractivity contribution < 1.29 is 4.79 Å². The number of carbonyl (C=O) groups excluding carboxylic acids is 1. The fourth-order valence-corrected chi connectivity index (χ4v) is 2.55. The molecule has 0 aromatic carbocycles. The average molecular weight is 232 g/mol. The van der Waals surface area contributed by atoms with Crippen LogP contribution in [0.25, 0.3) is 0 Å². The van der Waals surface area contributed by atoms with Gasteiger partial charge in [0.15, 0.2) is 0 Å². The van der Waals surface area contributed by atoms with Gasteiger partial charge in [-0.15, -0.1) is 0 Å². The van der Waals surface area contributed by atoms with E-state index in [9.17, 15) is 4.79 Å². The van der Waals surface area contributed by atoms with Crippen LogP contribution >= 0.6 is 0 Å². The molecule has 1 aromatic heterocycles. The molecule has 3 heteroatoms. The SMILES string of the molecule is Cc1ncccc1C(=O)NC1CCC(C)(C)C1. The van der Waals surface area contributed by atoms with E-state index in [0.717, 1.165) is 18.5 Å². The number of carbonyl (C=O) groups is 1. The zero-order valence-corrected chi connectivity index (χ0v) is 10.8. The molecular weight excluding hydrogens is 212 g/mol. The lowest BCUT2D eigenvalue weighted by Crippen LogP contribution is -2.34. The second kappa shape index (κ2) is 4.47. The third-order valence-corrected chi connectivity index (χ3v) is 3.56. The summed E-state index contributed by atoms with van der Waals surface area (Å²) in [6, 6.07) is 3.95. The van der Waals surface area contributed by atoms with Crippen molar-refractivity contribution in [3.63, 3.8) is 0 Å². The van der Waals surface area contributed by atoms with Crippen LogP contribution in [0.4, 0.5) is 0 Å². The third kappa shape index (κ3) is 2.84. The maximum absolute atomic E-state index is 12.1. The van der Waals surface area contributed by atoms with Crippen LogP contribution in [0.2, 0.25) is 0 Å². The Labute approximate surface area is 103 Å². The number of amides is 1. The van der Waals surface area contributed by atoms with E-state index in [0.29, 0.717) is 17.0 Å². The summed E-state index contributed by atoms with van der Waals surface area (Å²) in [4.78, 5) is 16.2. The number of hydrogen-bond donors (Lipinski definition) is 1. The van der Waals surface area contributed by atoms with E-state index in [2.05, 4.69) is 24.1 Å². The van der Waals surface area contributed by atoms with Gasteiger partial charge in [0.1, 0.15) is 0 Å². The Morgan fingerprint density at radius 3 is 2.88 bits per heavy atom. The second-order valence-corrected chi connectivity index (χ2v) is 5.71. The van der Waals surface area contributed by atoms with E-state index in [4.69, 9.17) is 0 Å². The first kappa shape index (κ1) is 12.1. The zero-order chi connectivity index (χ0) is 12.5. The van der Waals surface area contributed by atoms with Gasteiger partial charge < -0.3 is 5.32 Å². The molecule has 1 aliphatic rings. The summed E-state index contributed by atoms with van der Waals surface area (Å²) < 4.78 is 0. The third-order valence-electron chi connectivity index (χ3n) is 3.56. The summed E-state index contributed by atoms with van der Waals surface area (Å²) in [7, 11) is 0. The Kier molecular flexibility index (Phi) is 3.18. The minimum absolute atomic E-state index is 0.0123. The standard InChI is InChI=1S/C14H20N2O/c1-10-12(5-4-8-15-10)13(17)16-11-6-7-14(2,3)9-11/h4-5,8,11H,6-7,9H2,1-3H3,(H,16,17). The monoisotopic (exact) mass is 232 g/mol. The average Bonchev–Trinajstić information content (AvgIpc) is 2.58. The molecule has 0 radical (unpaired) electrons. The summed E-state index contributed by atoms with van der Waals surface area (Å²) in [6.07, 6.45) is 5.05. The van der Waals surface area contributed by atoms with Gasteiger partial charge in [0, 0.05) is 17.9 Å². The van der Waals surface area contributed by atoms with Crippen molar-refractivity contribution in [1.29, 1.82) is 0 Å². The minimum Gasteiger partial charge on any atom is -0.349 e. The number of nitrogens with zero attached hydrogens (tertiary/aromatic N) is 1. The lowest BCUT2D eigenvalue weighted by Gasteiger charge is -2.18. The van der Waals surface area contributed by atoms with Gasteiger partial charge in [-0.05, 0) is 43.7 Å². The molecule has 1 atom stereocenters. The predicted molar refractivity (Wildman–Crippen MR) is 67.9 cm³/mol. The summed E-state index contributed by atoms with van der Waals surface area (Å²) in [5.74, 6) is 0.0123. The van der Waals surface area contributed by atoms with Crippen molar-refractivity contribution in [2.24, 2.45) is 5.41 Å². The Bertz CT molecular complexity index is 426. The molecule has 1 aromatic rings. The zero-order valence-electron chi connectivity index (χ0n) is 10.8. The highest BCUT2D eigenvalue weighted by atomic mass is 16.1. The summed E-state index contributed by atoms with van der Waals surface area (Å²) in [5.41, 5.74) is 1.85. The highest BCUT2D eigenvalue weighted by molar-refractivity contribution is 5.95. The van der Waals surface area contributed by atoms with Gasteiger partial charge in [0.2, 0.25) is 0 Å². The van der Waals surface area contributed by atoms with Gasteiger partial charge in [-0.25, -0.2) is 0 Å². The van der Waals surface area contributed by atoms with E-state index >= 15 is 0 Å². The van der Waals surface area contributed by atoms with Crippen LogP contribution in [-0.4, -0.2) is 16.9 Å². The summed E-state index contributed by atoms with van der Waals surface area (Å²) in [6.45, 7) is 6.39. The molecule has 0 aliphatic heterocycles. The van der Waals surface area contributed by atoms with E-state index in [1.807, 2.05) is 13.0 Å². The number of hydrogen-bond acceptors (Lipinski definition) is 2. The van der Waals surface area contributed by atoms with Crippen molar-refractivity contribution >= 4 is 5.91 Å². The fourth-order valence-electron chi connectivity index (χ4n) is 2.55. The fraction of sp³-hybridized carbons (Fsp3) is 0.571. The normalized spacial score (nSPS) is 22.4. The summed E-state index contributed by atoms with van der Waals surface area (Å²) in [5, 5.41) is 3.11. The molecular formula is C14H20N2O. The number of aromatic nitrogens is 1. The molecule has 0 bridgehead atoms. The molecule has 0 saturated heterocycles. The Morgan fingerprint density at radius 1 is 1.53 bits per heavy atom. The molecule has 0 spiro atoms. The number of aryl methyl sites for hydroxylation is 1. The molecule has 1 amide bonds. The van der Waals surface area contributed by atoms with Gasteiger partial charge in [0.05, 0.1) is 5.56 Å². The first-order valence-electron chi connectivity index (χ1n) is 6.20. The predicted octanol–water partition coefficient (Wildman–Crippen LogP) is 2.70. The van der Waals surface area contributed by atoms with Crippen LogP contribution in [0.15, 0.2) is 18.3 Å². The molecule has 1 saturated carbocycles. The number of pyridine rings is 1. The molecule has 1 fully saturated rings. The van der Waals surface area contributed by atoms with Crippen LogP contribution in [-0.2, 0) is 0 Å². The number of nitrogens with one attached hydrogen (secondary N) is 1. The van der Waals surface area contributed by atoms with Crippen molar-refractivity contribution in [2.75, 3.05) is 0 Å². The van der Waals surface area contributed by atoms with E-state index in [-0.39, 0.29) is 5.91 Å². The first-order chi connectivity index (χ1) is 7.98. The van der Waals surface area contributed by atoms with E-state index in [1.54, 1.807) is 12.3 Å². The molecule has 1 heterocycles. The molecule has 3 nitrogen and oxygen atoms in total. The van der Waals surface area contributed by atoms with Crippen LogP contribution < -0.4 is 5.32 Å². The second-order valence-electron chi connectivity index (χ2n) is 5.71. The highest BCUT2D eigenvalue weighted by Crippen LogP contribution is 2.36. The summed E-state index contributed by atoms with van der Waals surface area (Å²) >= 11 is 0. The van der Waals surface area contributed by atoms with Crippen LogP contribution in [0.1, 0.15) is 49.2 Å². The van der Waals surface area contributed by atoms with Crippen molar-refractivity contribution in [3.8, 4) is 0 Å². The molecule has 2 rings (SSSR count). The molecule has 92 valence electrons. The quantitative estimate of drug-likeness (QED) is 0.851. The first-order valence-corrected chi connectivity index (χ1v) is 6.20. The van der Waals surface area contributed by atoms with Crippen molar-refractivity contribution in [3.05, 3.63) is 29.6 Å².